The molecule has 0 fully saturated rings. The Labute approximate surface area is 111 Å². The number of carbonyl (C=O) groups excluding carboxylic acids is 1. The van der Waals surface area contributed by atoms with E-state index in [-0.39, 0.29) is 5.97 Å². The summed E-state index contributed by atoms with van der Waals surface area (Å²) in [6.07, 6.45) is 3.34. The summed E-state index contributed by atoms with van der Waals surface area (Å²) >= 11 is 0. The number of methoxy groups -OCH3 is 1. The highest BCUT2D eigenvalue weighted by Crippen LogP contribution is 2.19. The molecule has 0 aliphatic carbocycles. The fraction of sp³-hybridized carbons (Fsp3) is 0.214. The van der Waals surface area contributed by atoms with Gasteiger partial charge in [0.15, 0.2) is 0 Å². The molecule has 0 spiro atoms. The molecule has 0 atom stereocenters. The molecule has 0 bridgehead atoms. The Hall–Kier alpha value is -2.43. The smallest absolute Gasteiger partial charge is 0.338 e. The van der Waals surface area contributed by atoms with Crippen molar-refractivity contribution in [2.45, 2.75) is 6.92 Å². The topological polar surface area (TPSA) is 61.3 Å². The lowest BCUT2D eigenvalue weighted by atomic mass is 10.1. The third kappa shape index (κ3) is 3.07. The van der Waals surface area contributed by atoms with E-state index in [1.807, 2.05) is 12.1 Å². The van der Waals surface area contributed by atoms with Crippen LogP contribution >= 0.6 is 0 Å². The van der Waals surface area contributed by atoms with Crippen LogP contribution in [0.1, 0.15) is 17.3 Å². The van der Waals surface area contributed by atoms with E-state index in [1.54, 1.807) is 31.5 Å². The van der Waals surface area contributed by atoms with Crippen molar-refractivity contribution in [2.24, 2.45) is 0 Å². The van der Waals surface area contributed by atoms with Gasteiger partial charge < -0.3 is 9.47 Å². The lowest BCUT2D eigenvalue weighted by Crippen LogP contribution is -2.04. The molecule has 98 valence electrons. The molecule has 0 aliphatic rings. The number of rotatable bonds is 4. The van der Waals surface area contributed by atoms with Crippen LogP contribution in [0, 0.1) is 0 Å². The Morgan fingerprint density at radius 3 is 2.26 bits per heavy atom. The summed E-state index contributed by atoms with van der Waals surface area (Å²) in [6, 6.07) is 7.43. The van der Waals surface area contributed by atoms with Gasteiger partial charge in [0.2, 0.25) is 0 Å². The van der Waals surface area contributed by atoms with Gasteiger partial charge in [0, 0.05) is 18.0 Å². The number of hydrogen-bond donors (Lipinski definition) is 0. The number of benzene rings is 1. The molecule has 0 N–H and O–H groups in total. The third-order valence-electron chi connectivity index (χ3n) is 2.54. The van der Waals surface area contributed by atoms with Gasteiger partial charge in [0.1, 0.15) is 0 Å². The quantitative estimate of drug-likeness (QED) is 0.788. The average molecular weight is 258 g/mol. The minimum Gasteiger partial charge on any atom is -0.467 e. The number of hydrogen-bond acceptors (Lipinski definition) is 5. The summed E-state index contributed by atoms with van der Waals surface area (Å²) in [6.45, 7) is 2.15. The zero-order chi connectivity index (χ0) is 13.7. The van der Waals surface area contributed by atoms with Gasteiger partial charge in [-0.2, -0.15) is 0 Å². The van der Waals surface area contributed by atoms with Crippen molar-refractivity contribution >= 4 is 5.97 Å². The standard InChI is InChI=1S/C14H14N2O3/c1-3-19-13(17)11-6-4-10(5-7-11)12-8-15-14(18-2)16-9-12/h4-9H,3H2,1-2H3. The zero-order valence-corrected chi connectivity index (χ0v) is 10.8. The van der Waals surface area contributed by atoms with Gasteiger partial charge in [0.25, 0.3) is 0 Å². The Bertz CT molecular complexity index is 550. The molecule has 2 rings (SSSR count). The molecular weight excluding hydrogens is 244 g/mol. The number of nitrogens with zero attached hydrogens (tertiary/aromatic N) is 2. The van der Waals surface area contributed by atoms with Gasteiger partial charge in [0.05, 0.1) is 19.3 Å². The Morgan fingerprint density at radius 1 is 1.11 bits per heavy atom. The highest BCUT2D eigenvalue weighted by molar-refractivity contribution is 5.90. The Morgan fingerprint density at radius 2 is 1.74 bits per heavy atom. The van der Waals surface area contributed by atoms with E-state index in [1.165, 1.54) is 7.11 Å². The second-order valence-electron chi connectivity index (χ2n) is 3.76. The largest absolute Gasteiger partial charge is 0.467 e. The van der Waals surface area contributed by atoms with Crippen molar-refractivity contribution in [2.75, 3.05) is 13.7 Å². The van der Waals surface area contributed by atoms with Crippen LogP contribution in [0.3, 0.4) is 0 Å². The maximum atomic E-state index is 11.5. The van der Waals surface area contributed by atoms with Gasteiger partial charge in [-0.25, -0.2) is 14.8 Å². The second kappa shape index (κ2) is 5.95. The van der Waals surface area contributed by atoms with E-state index >= 15 is 0 Å². The van der Waals surface area contributed by atoms with Crippen LogP contribution in [-0.2, 0) is 4.74 Å². The second-order valence-corrected chi connectivity index (χ2v) is 3.76. The molecule has 5 nitrogen and oxygen atoms in total. The van der Waals surface area contributed by atoms with Crippen LogP contribution in [0.5, 0.6) is 6.01 Å². The summed E-state index contributed by atoms with van der Waals surface area (Å²) in [4.78, 5) is 19.6. The van der Waals surface area contributed by atoms with Crippen molar-refractivity contribution < 1.29 is 14.3 Å². The van der Waals surface area contributed by atoms with Gasteiger partial charge in [-0.15, -0.1) is 0 Å². The van der Waals surface area contributed by atoms with Crippen molar-refractivity contribution in [3.63, 3.8) is 0 Å². The minimum absolute atomic E-state index is 0.319. The monoisotopic (exact) mass is 258 g/mol. The Balaban J connectivity index is 2.19. The van der Waals surface area contributed by atoms with E-state index in [0.29, 0.717) is 18.2 Å². The SMILES string of the molecule is CCOC(=O)c1ccc(-c2cnc(OC)nc2)cc1. The lowest BCUT2D eigenvalue weighted by molar-refractivity contribution is 0.0526. The first-order valence-electron chi connectivity index (χ1n) is 5.88. The molecule has 1 aromatic carbocycles. The predicted octanol–water partition coefficient (Wildman–Crippen LogP) is 2.33. The molecule has 2 aromatic rings. The first kappa shape index (κ1) is 13.0. The zero-order valence-electron chi connectivity index (χ0n) is 10.8. The van der Waals surface area contributed by atoms with E-state index in [2.05, 4.69) is 9.97 Å². The summed E-state index contributed by atoms with van der Waals surface area (Å²) < 4.78 is 9.82. The molecular formula is C14H14N2O3. The van der Waals surface area contributed by atoms with E-state index in [9.17, 15) is 4.79 Å². The highest BCUT2D eigenvalue weighted by Gasteiger charge is 2.06. The van der Waals surface area contributed by atoms with Gasteiger partial charge in [-0.05, 0) is 24.6 Å². The summed E-state index contributed by atoms with van der Waals surface area (Å²) in [5, 5.41) is 0. The van der Waals surface area contributed by atoms with Crippen LogP contribution < -0.4 is 4.74 Å². The summed E-state index contributed by atoms with van der Waals surface area (Å²) in [7, 11) is 1.52. The van der Waals surface area contributed by atoms with Crippen LogP contribution in [0.4, 0.5) is 0 Å². The van der Waals surface area contributed by atoms with Gasteiger partial charge in [-0.1, -0.05) is 12.1 Å². The lowest BCUT2D eigenvalue weighted by Gasteiger charge is -2.04. The van der Waals surface area contributed by atoms with Crippen molar-refractivity contribution in [3.05, 3.63) is 42.2 Å². The fourth-order valence-electron chi connectivity index (χ4n) is 1.58. The van der Waals surface area contributed by atoms with Gasteiger partial charge >= 0.3 is 12.0 Å². The minimum atomic E-state index is -0.319. The van der Waals surface area contributed by atoms with Crippen LogP contribution in [0.25, 0.3) is 11.1 Å². The van der Waals surface area contributed by atoms with E-state index in [4.69, 9.17) is 9.47 Å². The van der Waals surface area contributed by atoms with Crippen molar-refractivity contribution in [1.29, 1.82) is 0 Å². The molecule has 5 heteroatoms. The molecule has 1 heterocycles. The van der Waals surface area contributed by atoms with E-state index in [0.717, 1.165) is 11.1 Å². The number of esters is 1. The molecule has 0 saturated carbocycles. The van der Waals surface area contributed by atoms with Crippen molar-refractivity contribution in [3.8, 4) is 17.1 Å². The van der Waals surface area contributed by atoms with Crippen LogP contribution in [0.15, 0.2) is 36.7 Å². The molecule has 1 aromatic heterocycles. The van der Waals surface area contributed by atoms with Crippen molar-refractivity contribution in [1.82, 2.24) is 9.97 Å². The maximum absolute atomic E-state index is 11.5. The normalized spacial score (nSPS) is 10.0. The average Bonchev–Trinajstić information content (AvgIpc) is 2.48. The molecule has 0 radical (unpaired) electrons. The third-order valence-corrected chi connectivity index (χ3v) is 2.54. The number of carbonyl (C=O) groups is 1. The molecule has 0 saturated heterocycles. The fourth-order valence-corrected chi connectivity index (χ4v) is 1.58. The Kier molecular flexibility index (Phi) is 4.07. The molecule has 0 unspecified atom stereocenters. The molecule has 19 heavy (non-hydrogen) atoms. The molecule has 0 aliphatic heterocycles. The van der Waals surface area contributed by atoms with Crippen LogP contribution in [0.2, 0.25) is 0 Å². The number of aromatic nitrogens is 2. The predicted molar refractivity (Wildman–Crippen MR) is 70.0 cm³/mol. The first-order chi connectivity index (χ1) is 9.24. The maximum Gasteiger partial charge on any atom is 0.338 e. The first-order valence-corrected chi connectivity index (χ1v) is 5.88. The molecule has 0 amide bonds. The number of ether oxygens (including phenoxy) is 2. The highest BCUT2D eigenvalue weighted by atomic mass is 16.5. The van der Waals surface area contributed by atoms with Gasteiger partial charge in [-0.3, -0.25) is 0 Å². The van der Waals surface area contributed by atoms with E-state index < -0.39 is 0 Å². The summed E-state index contributed by atoms with van der Waals surface area (Å²) in [5.74, 6) is -0.319. The van der Waals surface area contributed by atoms with Crippen LogP contribution in [-0.4, -0.2) is 29.7 Å². The summed E-state index contributed by atoms with van der Waals surface area (Å²) in [5.41, 5.74) is 2.31.